The summed E-state index contributed by atoms with van der Waals surface area (Å²) < 4.78 is 26.4. The summed E-state index contributed by atoms with van der Waals surface area (Å²) in [6, 6.07) is 13.2. The van der Waals surface area contributed by atoms with Crippen LogP contribution in [0.3, 0.4) is 0 Å². The van der Waals surface area contributed by atoms with Crippen LogP contribution in [0.15, 0.2) is 53.0 Å². The maximum atomic E-state index is 12.5. The number of halogens is 1. The van der Waals surface area contributed by atoms with Gasteiger partial charge in [-0.1, -0.05) is 39.7 Å². The first-order valence-electron chi connectivity index (χ1n) is 7.31. The van der Waals surface area contributed by atoms with Gasteiger partial charge in [-0.05, 0) is 44.2 Å². The molecule has 5 nitrogen and oxygen atoms in total. The third kappa shape index (κ3) is 4.58. The van der Waals surface area contributed by atoms with Crippen molar-refractivity contribution in [2.45, 2.75) is 19.9 Å². The first-order chi connectivity index (χ1) is 11.2. The van der Waals surface area contributed by atoms with E-state index in [2.05, 4.69) is 21.2 Å². The molecule has 0 aliphatic carbocycles. The molecule has 0 unspecified atom stereocenters. The lowest BCUT2D eigenvalue weighted by atomic mass is 10.2. The Labute approximate surface area is 150 Å². The topological polar surface area (TPSA) is 66.5 Å². The number of carbonyl (C=O) groups excluding carboxylic acids is 1. The van der Waals surface area contributed by atoms with Crippen LogP contribution in [0.25, 0.3) is 0 Å². The van der Waals surface area contributed by atoms with Crippen molar-refractivity contribution in [3.05, 3.63) is 58.6 Å². The number of aryl methyl sites for hydroxylation is 1. The lowest BCUT2D eigenvalue weighted by Gasteiger charge is -2.28. The quantitative estimate of drug-likeness (QED) is 0.819. The van der Waals surface area contributed by atoms with Crippen LogP contribution in [0.5, 0.6) is 0 Å². The van der Waals surface area contributed by atoms with Gasteiger partial charge in [0, 0.05) is 10.2 Å². The minimum Gasteiger partial charge on any atom is -0.324 e. The van der Waals surface area contributed by atoms with Crippen LogP contribution in [0.4, 0.5) is 11.4 Å². The van der Waals surface area contributed by atoms with Gasteiger partial charge < -0.3 is 5.32 Å². The number of carbonyl (C=O) groups is 1. The number of amides is 1. The fourth-order valence-electron chi connectivity index (χ4n) is 2.31. The molecular formula is C17H19BrN2O3S. The van der Waals surface area contributed by atoms with Crippen molar-refractivity contribution in [2.24, 2.45) is 0 Å². The second-order valence-corrected chi connectivity index (χ2v) is 8.35. The summed E-state index contributed by atoms with van der Waals surface area (Å²) in [5, 5.41) is 2.74. The second kappa shape index (κ2) is 7.36. The highest BCUT2D eigenvalue weighted by Gasteiger charge is 2.29. The standard InChI is InChI=1S/C17H19BrN2O3S/c1-12-7-9-16(10-8-12)20(24(3,22)23)13(2)17(21)19-15-6-4-5-14(18)11-15/h4-11,13H,1-3H3,(H,19,21)/t13-/m0/s1. The Kier molecular flexibility index (Phi) is 5.66. The molecule has 0 spiro atoms. The van der Waals surface area contributed by atoms with Crippen molar-refractivity contribution >= 4 is 43.2 Å². The van der Waals surface area contributed by atoms with E-state index in [1.165, 1.54) is 0 Å². The zero-order valence-corrected chi connectivity index (χ0v) is 16.1. The van der Waals surface area contributed by atoms with E-state index in [9.17, 15) is 13.2 Å². The Morgan fingerprint density at radius 2 is 1.79 bits per heavy atom. The largest absolute Gasteiger partial charge is 0.324 e. The molecule has 0 bridgehead atoms. The predicted molar refractivity (Wildman–Crippen MR) is 101 cm³/mol. The van der Waals surface area contributed by atoms with E-state index >= 15 is 0 Å². The summed E-state index contributed by atoms with van der Waals surface area (Å²) >= 11 is 3.34. The smallest absolute Gasteiger partial charge is 0.247 e. The molecule has 0 aliphatic heterocycles. The van der Waals surface area contributed by atoms with E-state index in [0.29, 0.717) is 11.4 Å². The predicted octanol–water partition coefficient (Wildman–Crippen LogP) is 3.55. The van der Waals surface area contributed by atoms with E-state index in [4.69, 9.17) is 0 Å². The number of benzene rings is 2. The molecule has 1 atom stereocenters. The fraction of sp³-hybridized carbons (Fsp3) is 0.235. The minimum atomic E-state index is -3.61. The van der Waals surface area contributed by atoms with Crippen molar-refractivity contribution in [1.29, 1.82) is 0 Å². The monoisotopic (exact) mass is 410 g/mol. The molecule has 1 amide bonds. The summed E-state index contributed by atoms with van der Waals surface area (Å²) in [6.07, 6.45) is 1.09. The average molecular weight is 411 g/mol. The number of nitrogens with one attached hydrogen (secondary N) is 1. The van der Waals surface area contributed by atoms with Crippen molar-refractivity contribution < 1.29 is 13.2 Å². The normalized spacial score (nSPS) is 12.5. The molecule has 2 rings (SSSR count). The van der Waals surface area contributed by atoms with E-state index < -0.39 is 22.0 Å². The first-order valence-corrected chi connectivity index (χ1v) is 9.95. The highest BCUT2D eigenvalue weighted by molar-refractivity contribution is 9.10. The van der Waals surface area contributed by atoms with Gasteiger partial charge in [0.1, 0.15) is 6.04 Å². The number of rotatable bonds is 5. The zero-order chi connectivity index (χ0) is 17.9. The van der Waals surface area contributed by atoms with Crippen LogP contribution in [0.2, 0.25) is 0 Å². The van der Waals surface area contributed by atoms with Crippen LogP contribution in [0, 0.1) is 6.92 Å². The Bertz CT molecular complexity index is 835. The molecule has 0 saturated heterocycles. The molecule has 0 radical (unpaired) electrons. The first kappa shape index (κ1) is 18.5. The molecule has 0 heterocycles. The summed E-state index contributed by atoms with van der Waals surface area (Å²) in [4.78, 5) is 12.5. The number of hydrogen-bond donors (Lipinski definition) is 1. The molecule has 24 heavy (non-hydrogen) atoms. The maximum Gasteiger partial charge on any atom is 0.247 e. The van der Waals surface area contributed by atoms with Gasteiger partial charge in [0.2, 0.25) is 15.9 Å². The Morgan fingerprint density at radius 1 is 1.17 bits per heavy atom. The number of sulfonamides is 1. The van der Waals surface area contributed by atoms with Crippen LogP contribution in [-0.2, 0) is 14.8 Å². The third-order valence-electron chi connectivity index (χ3n) is 3.47. The molecule has 1 N–H and O–H groups in total. The number of nitrogens with zero attached hydrogens (tertiary/aromatic N) is 1. The Morgan fingerprint density at radius 3 is 2.33 bits per heavy atom. The van der Waals surface area contributed by atoms with E-state index in [0.717, 1.165) is 20.6 Å². The molecule has 0 aromatic heterocycles. The van der Waals surface area contributed by atoms with Gasteiger partial charge in [-0.3, -0.25) is 9.10 Å². The van der Waals surface area contributed by atoms with Crippen LogP contribution < -0.4 is 9.62 Å². The molecule has 2 aromatic carbocycles. The van der Waals surface area contributed by atoms with Crippen LogP contribution >= 0.6 is 15.9 Å². The highest BCUT2D eigenvalue weighted by Crippen LogP contribution is 2.22. The summed E-state index contributed by atoms with van der Waals surface area (Å²) in [6.45, 7) is 3.48. The molecule has 0 saturated carbocycles. The van der Waals surface area contributed by atoms with Crippen molar-refractivity contribution in [3.8, 4) is 0 Å². The zero-order valence-electron chi connectivity index (χ0n) is 13.7. The summed E-state index contributed by atoms with van der Waals surface area (Å²) in [5.74, 6) is -0.404. The summed E-state index contributed by atoms with van der Waals surface area (Å²) in [5.41, 5.74) is 2.07. The molecule has 0 aliphatic rings. The van der Waals surface area contributed by atoms with Gasteiger partial charge in [-0.15, -0.1) is 0 Å². The van der Waals surface area contributed by atoms with Gasteiger partial charge in [0.05, 0.1) is 11.9 Å². The van der Waals surface area contributed by atoms with Crippen molar-refractivity contribution in [2.75, 3.05) is 15.9 Å². The number of hydrogen-bond acceptors (Lipinski definition) is 3. The van der Waals surface area contributed by atoms with E-state index in [1.807, 2.05) is 25.1 Å². The summed E-state index contributed by atoms with van der Waals surface area (Å²) in [7, 11) is -3.61. The van der Waals surface area contributed by atoms with Crippen molar-refractivity contribution in [1.82, 2.24) is 0 Å². The third-order valence-corrected chi connectivity index (χ3v) is 5.20. The van der Waals surface area contributed by atoms with Gasteiger partial charge in [0.25, 0.3) is 0 Å². The highest BCUT2D eigenvalue weighted by atomic mass is 79.9. The van der Waals surface area contributed by atoms with Gasteiger partial charge >= 0.3 is 0 Å². The molecular weight excluding hydrogens is 392 g/mol. The SMILES string of the molecule is Cc1ccc(N([C@@H](C)C(=O)Nc2cccc(Br)c2)S(C)(=O)=O)cc1. The van der Waals surface area contributed by atoms with Crippen molar-refractivity contribution in [3.63, 3.8) is 0 Å². The second-order valence-electron chi connectivity index (χ2n) is 5.57. The Hall–Kier alpha value is -1.86. The lowest BCUT2D eigenvalue weighted by molar-refractivity contribution is -0.116. The van der Waals surface area contributed by atoms with Gasteiger partial charge in [-0.2, -0.15) is 0 Å². The molecule has 128 valence electrons. The lowest BCUT2D eigenvalue weighted by Crippen LogP contribution is -2.45. The Balaban J connectivity index is 2.29. The minimum absolute atomic E-state index is 0.404. The average Bonchev–Trinajstić information content (AvgIpc) is 2.48. The number of anilines is 2. The molecule has 2 aromatic rings. The van der Waals surface area contributed by atoms with Gasteiger partial charge in [0.15, 0.2) is 0 Å². The van der Waals surface area contributed by atoms with Crippen LogP contribution in [-0.4, -0.2) is 26.6 Å². The van der Waals surface area contributed by atoms with Crippen LogP contribution in [0.1, 0.15) is 12.5 Å². The molecule has 0 fully saturated rings. The van der Waals surface area contributed by atoms with E-state index in [-0.39, 0.29) is 0 Å². The maximum absolute atomic E-state index is 12.5. The van der Waals surface area contributed by atoms with Gasteiger partial charge in [-0.25, -0.2) is 8.42 Å². The molecule has 7 heteroatoms. The fourth-order valence-corrected chi connectivity index (χ4v) is 3.89. The van der Waals surface area contributed by atoms with E-state index in [1.54, 1.807) is 37.3 Å².